The van der Waals surface area contributed by atoms with Crippen molar-refractivity contribution < 1.29 is 22.8 Å². The summed E-state index contributed by atoms with van der Waals surface area (Å²) >= 11 is 0. The van der Waals surface area contributed by atoms with Crippen LogP contribution in [0.3, 0.4) is 0 Å². The fourth-order valence-corrected chi connectivity index (χ4v) is 2.44. The van der Waals surface area contributed by atoms with Crippen molar-refractivity contribution in [3.05, 3.63) is 65.2 Å². The summed E-state index contributed by atoms with van der Waals surface area (Å²) in [7, 11) is 0. The SMILES string of the molecule is O=C1Cc2ccccc2C(=O)N1c1cccc(C(F)(F)F)c1. The standard InChI is InChI=1S/C16H10F3NO2/c17-16(18,19)11-5-3-6-12(9-11)20-14(21)8-10-4-1-2-7-13(10)15(20)22/h1-7,9H,8H2. The number of benzene rings is 2. The molecule has 0 saturated heterocycles. The van der Waals surface area contributed by atoms with Gasteiger partial charge >= 0.3 is 6.18 Å². The summed E-state index contributed by atoms with van der Waals surface area (Å²) in [5.41, 5.74) is -0.0518. The van der Waals surface area contributed by atoms with Crippen molar-refractivity contribution in [2.75, 3.05) is 4.90 Å². The molecular formula is C16H10F3NO2. The molecule has 0 saturated carbocycles. The second-order valence-corrected chi connectivity index (χ2v) is 4.92. The van der Waals surface area contributed by atoms with E-state index in [2.05, 4.69) is 0 Å². The first-order chi connectivity index (χ1) is 10.4. The fourth-order valence-electron chi connectivity index (χ4n) is 2.44. The lowest BCUT2D eigenvalue weighted by Crippen LogP contribution is -2.42. The van der Waals surface area contributed by atoms with Gasteiger partial charge in [0.2, 0.25) is 5.91 Å². The molecule has 0 aromatic heterocycles. The Morgan fingerprint density at radius 2 is 1.68 bits per heavy atom. The second-order valence-electron chi connectivity index (χ2n) is 4.92. The highest BCUT2D eigenvalue weighted by atomic mass is 19.4. The molecule has 1 aliphatic heterocycles. The van der Waals surface area contributed by atoms with E-state index < -0.39 is 23.6 Å². The predicted octanol–water partition coefficient (Wildman–Crippen LogP) is 3.43. The molecule has 2 aromatic rings. The number of halogens is 3. The smallest absolute Gasteiger partial charge is 0.274 e. The minimum atomic E-state index is -4.53. The van der Waals surface area contributed by atoms with Crippen LogP contribution in [0, 0.1) is 0 Å². The summed E-state index contributed by atoms with van der Waals surface area (Å²) in [6.07, 6.45) is -4.55. The van der Waals surface area contributed by atoms with Gasteiger partial charge in [-0.2, -0.15) is 13.2 Å². The lowest BCUT2D eigenvalue weighted by molar-refractivity contribution is -0.137. The molecule has 22 heavy (non-hydrogen) atoms. The van der Waals surface area contributed by atoms with Crippen LogP contribution in [0.15, 0.2) is 48.5 Å². The average Bonchev–Trinajstić information content (AvgIpc) is 2.47. The largest absolute Gasteiger partial charge is 0.416 e. The topological polar surface area (TPSA) is 37.4 Å². The van der Waals surface area contributed by atoms with Crippen molar-refractivity contribution in [1.29, 1.82) is 0 Å². The highest BCUT2D eigenvalue weighted by molar-refractivity contribution is 6.24. The van der Waals surface area contributed by atoms with E-state index in [1.807, 2.05) is 0 Å². The number of amides is 2. The summed E-state index contributed by atoms with van der Waals surface area (Å²) in [5, 5.41) is 0. The van der Waals surface area contributed by atoms with Crippen LogP contribution in [0.25, 0.3) is 0 Å². The first-order valence-corrected chi connectivity index (χ1v) is 6.50. The zero-order valence-electron chi connectivity index (χ0n) is 11.2. The number of carbonyl (C=O) groups excluding carboxylic acids is 2. The number of hydrogen-bond acceptors (Lipinski definition) is 2. The lowest BCUT2D eigenvalue weighted by atomic mass is 9.98. The van der Waals surface area contributed by atoms with Crippen LogP contribution in [0.4, 0.5) is 18.9 Å². The van der Waals surface area contributed by atoms with Crippen molar-refractivity contribution in [1.82, 2.24) is 0 Å². The molecule has 0 unspecified atom stereocenters. The van der Waals surface area contributed by atoms with Crippen molar-refractivity contribution >= 4 is 17.5 Å². The molecule has 0 atom stereocenters. The number of rotatable bonds is 1. The molecule has 2 aromatic carbocycles. The van der Waals surface area contributed by atoms with Gasteiger partial charge in [0.05, 0.1) is 17.7 Å². The third-order valence-electron chi connectivity index (χ3n) is 3.47. The van der Waals surface area contributed by atoms with Crippen LogP contribution < -0.4 is 4.90 Å². The zero-order valence-corrected chi connectivity index (χ0v) is 11.2. The minimum Gasteiger partial charge on any atom is -0.274 e. The number of anilines is 1. The maximum Gasteiger partial charge on any atom is 0.416 e. The Kier molecular flexibility index (Phi) is 3.24. The normalized spacial score (nSPS) is 15.0. The maximum absolute atomic E-state index is 12.8. The Hall–Kier alpha value is -2.63. The number of fused-ring (bicyclic) bond motifs is 1. The maximum atomic E-state index is 12.8. The van der Waals surface area contributed by atoms with Crippen LogP contribution >= 0.6 is 0 Å². The molecule has 0 N–H and O–H groups in total. The van der Waals surface area contributed by atoms with Gasteiger partial charge in [0.1, 0.15) is 0 Å². The molecule has 2 amide bonds. The predicted molar refractivity (Wildman–Crippen MR) is 73.4 cm³/mol. The molecule has 0 spiro atoms. The van der Waals surface area contributed by atoms with E-state index in [-0.39, 0.29) is 12.1 Å². The van der Waals surface area contributed by atoms with Gasteiger partial charge in [-0.05, 0) is 29.8 Å². The van der Waals surface area contributed by atoms with Crippen LogP contribution in [0.5, 0.6) is 0 Å². The Labute approximate surface area is 124 Å². The van der Waals surface area contributed by atoms with Crippen LogP contribution in [-0.2, 0) is 17.4 Å². The fraction of sp³-hybridized carbons (Fsp3) is 0.125. The van der Waals surface area contributed by atoms with E-state index >= 15 is 0 Å². The van der Waals surface area contributed by atoms with Gasteiger partial charge in [0.15, 0.2) is 0 Å². The molecule has 0 aliphatic carbocycles. The van der Waals surface area contributed by atoms with Crippen LogP contribution in [-0.4, -0.2) is 11.8 Å². The molecule has 112 valence electrons. The molecule has 1 heterocycles. The second kappa shape index (κ2) is 4.98. The Morgan fingerprint density at radius 1 is 0.955 bits per heavy atom. The highest BCUT2D eigenvalue weighted by Crippen LogP contribution is 2.33. The molecular weight excluding hydrogens is 295 g/mol. The van der Waals surface area contributed by atoms with E-state index in [1.54, 1.807) is 24.3 Å². The van der Waals surface area contributed by atoms with E-state index in [4.69, 9.17) is 0 Å². The van der Waals surface area contributed by atoms with E-state index in [9.17, 15) is 22.8 Å². The van der Waals surface area contributed by atoms with Crippen molar-refractivity contribution in [2.24, 2.45) is 0 Å². The van der Waals surface area contributed by atoms with Gasteiger partial charge in [0, 0.05) is 5.56 Å². The highest BCUT2D eigenvalue weighted by Gasteiger charge is 2.35. The number of imide groups is 1. The molecule has 3 nitrogen and oxygen atoms in total. The van der Waals surface area contributed by atoms with Gasteiger partial charge in [-0.25, -0.2) is 4.90 Å². The number of carbonyl (C=O) groups is 2. The number of hydrogen-bond donors (Lipinski definition) is 0. The zero-order chi connectivity index (χ0) is 15.9. The Bertz CT molecular complexity index is 768. The van der Waals surface area contributed by atoms with E-state index in [0.29, 0.717) is 11.1 Å². The summed E-state index contributed by atoms with van der Waals surface area (Å²) in [4.78, 5) is 25.4. The third kappa shape index (κ3) is 2.36. The number of nitrogens with zero attached hydrogens (tertiary/aromatic N) is 1. The molecule has 0 bridgehead atoms. The molecule has 3 rings (SSSR count). The van der Waals surface area contributed by atoms with Crippen LogP contribution in [0.2, 0.25) is 0 Å². The summed E-state index contributed by atoms with van der Waals surface area (Å²) < 4.78 is 38.3. The number of alkyl halides is 3. The first kappa shape index (κ1) is 14.3. The van der Waals surface area contributed by atoms with Gasteiger partial charge in [-0.3, -0.25) is 9.59 Å². The van der Waals surface area contributed by atoms with Crippen molar-refractivity contribution in [2.45, 2.75) is 12.6 Å². The van der Waals surface area contributed by atoms with Gasteiger partial charge in [-0.15, -0.1) is 0 Å². The lowest BCUT2D eigenvalue weighted by Gasteiger charge is -2.27. The third-order valence-corrected chi connectivity index (χ3v) is 3.47. The molecule has 1 aliphatic rings. The summed E-state index contributed by atoms with van der Waals surface area (Å²) in [5.74, 6) is -1.14. The quantitative estimate of drug-likeness (QED) is 0.757. The van der Waals surface area contributed by atoms with Gasteiger partial charge < -0.3 is 0 Å². The van der Waals surface area contributed by atoms with Gasteiger partial charge in [-0.1, -0.05) is 24.3 Å². The minimum absolute atomic E-state index is 0.0157. The monoisotopic (exact) mass is 305 g/mol. The van der Waals surface area contributed by atoms with E-state index in [1.165, 1.54) is 12.1 Å². The summed E-state index contributed by atoms with van der Waals surface area (Å²) in [6.45, 7) is 0. The van der Waals surface area contributed by atoms with Gasteiger partial charge in [0.25, 0.3) is 5.91 Å². The molecule has 0 radical (unpaired) electrons. The Morgan fingerprint density at radius 3 is 2.41 bits per heavy atom. The van der Waals surface area contributed by atoms with E-state index in [0.717, 1.165) is 17.0 Å². The average molecular weight is 305 g/mol. The Balaban J connectivity index is 2.06. The molecule has 6 heteroatoms. The van der Waals surface area contributed by atoms with Crippen molar-refractivity contribution in [3.8, 4) is 0 Å². The first-order valence-electron chi connectivity index (χ1n) is 6.50. The van der Waals surface area contributed by atoms with Crippen LogP contribution in [0.1, 0.15) is 21.5 Å². The summed E-state index contributed by atoms with van der Waals surface area (Å²) in [6, 6.07) is 10.8. The molecule has 0 fully saturated rings. The van der Waals surface area contributed by atoms with Crippen molar-refractivity contribution in [3.63, 3.8) is 0 Å².